The van der Waals surface area contributed by atoms with E-state index in [2.05, 4.69) is 17.6 Å². The van der Waals surface area contributed by atoms with Crippen molar-refractivity contribution in [3.63, 3.8) is 0 Å². The average Bonchev–Trinajstić information content (AvgIpc) is 2.01. The van der Waals surface area contributed by atoms with Gasteiger partial charge in [0.2, 0.25) is 0 Å². The standard InChI is InChI=1S/C6H3F3N2O2S/c7-6(8,9)5-4(14)1-3(2-10-5)11(12)13/h1-2,14H. The summed E-state index contributed by atoms with van der Waals surface area (Å²) in [5, 5.41) is 10.2. The van der Waals surface area contributed by atoms with Crippen molar-refractivity contribution in [2.75, 3.05) is 0 Å². The van der Waals surface area contributed by atoms with Gasteiger partial charge in [-0.15, -0.1) is 12.6 Å². The van der Waals surface area contributed by atoms with Crippen LogP contribution in [0.2, 0.25) is 0 Å². The number of thiol groups is 1. The van der Waals surface area contributed by atoms with E-state index in [1.54, 1.807) is 0 Å². The third-order valence-electron chi connectivity index (χ3n) is 1.33. The average molecular weight is 224 g/mol. The Labute approximate surface area is 81.3 Å². The van der Waals surface area contributed by atoms with Crippen molar-refractivity contribution in [1.82, 2.24) is 4.98 Å². The number of hydrogen-bond acceptors (Lipinski definition) is 4. The van der Waals surface area contributed by atoms with Crippen LogP contribution in [0.5, 0.6) is 0 Å². The summed E-state index contributed by atoms with van der Waals surface area (Å²) in [6, 6.07) is 0.707. The maximum Gasteiger partial charge on any atom is 0.434 e. The fourth-order valence-electron chi connectivity index (χ4n) is 0.761. The van der Waals surface area contributed by atoms with Crippen LogP contribution in [0.25, 0.3) is 0 Å². The number of pyridine rings is 1. The van der Waals surface area contributed by atoms with Crippen LogP contribution in [-0.2, 0) is 6.18 Å². The summed E-state index contributed by atoms with van der Waals surface area (Å²) in [7, 11) is 0. The van der Waals surface area contributed by atoms with E-state index in [1.165, 1.54) is 0 Å². The lowest BCUT2D eigenvalue weighted by molar-refractivity contribution is -0.385. The molecule has 0 aliphatic heterocycles. The van der Waals surface area contributed by atoms with Gasteiger partial charge in [0.15, 0.2) is 5.69 Å². The Balaban J connectivity index is 3.21. The second kappa shape index (κ2) is 3.45. The molecule has 0 fully saturated rings. The third kappa shape index (κ3) is 2.13. The van der Waals surface area contributed by atoms with E-state index in [9.17, 15) is 23.3 Å². The highest BCUT2D eigenvalue weighted by Gasteiger charge is 2.35. The Bertz CT molecular complexity index is 380. The second-order valence-electron chi connectivity index (χ2n) is 2.32. The fourth-order valence-corrected chi connectivity index (χ4v) is 1.08. The lowest BCUT2D eigenvalue weighted by Gasteiger charge is -2.06. The van der Waals surface area contributed by atoms with Crippen molar-refractivity contribution in [3.05, 3.63) is 28.1 Å². The summed E-state index contributed by atoms with van der Waals surface area (Å²) in [4.78, 5) is 11.7. The van der Waals surface area contributed by atoms with Crippen molar-refractivity contribution < 1.29 is 18.1 Å². The van der Waals surface area contributed by atoms with E-state index in [-0.39, 0.29) is 0 Å². The molecule has 8 heteroatoms. The predicted molar refractivity (Wildman–Crippen MR) is 43.1 cm³/mol. The van der Waals surface area contributed by atoms with Crippen LogP contribution < -0.4 is 0 Å². The fraction of sp³-hybridized carbons (Fsp3) is 0.167. The van der Waals surface area contributed by atoms with Gasteiger partial charge in [0, 0.05) is 11.0 Å². The lowest BCUT2D eigenvalue weighted by atomic mass is 10.3. The van der Waals surface area contributed by atoms with Crippen molar-refractivity contribution in [1.29, 1.82) is 0 Å². The lowest BCUT2D eigenvalue weighted by Crippen LogP contribution is -2.09. The Hall–Kier alpha value is -1.31. The molecule has 1 rings (SSSR count). The number of alkyl halides is 3. The first-order valence-electron chi connectivity index (χ1n) is 3.23. The van der Waals surface area contributed by atoms with E-state index in [1.807, 2.05) is 0 Å². The minimum absolute atomic E-state index is 0.525. The zero-order valence-corrected chi connectivity index (χ0v) is 7.34. The van der Waals surface area contributed by atoms with Crippen molar-refractivity contribution in [2.24, 2.45) is 0 Å². The maximum atomic E-state index is 12.1. The summed E-state index contributed by atoms with van der Waals surface area (Å²) < 4.78 is 36.3. The molecule has 0 saturated heterocycles. The molecule has 0 amide bonds. The molecule has 0 aliphatic rings. The van der Waals surface area contributed by atoms with Gasteiger partial charge in [0.25, 0.3) is 5.69 Å². The molecule has 0 aliphatic carbocycles. The van der Waals surface area contributed by atoms with Gasteiger partial charge in [-0.2, -0.15) is 13.2 Å². The first-order valence-corrected chi connectivity index (χ1v) is 3.67. The minimum atomic E-state index is -4.65. The molecule has 0 saturated carbocycles. The van der Waals surface area contributed by atoms with Gasteiger partial charge in [-0.1, -0.05) is 0 Å². The van der Waals surface area contributed by atoms with Gasteiger partial charge < -0.3 is 0 Å². The molecule has 14 heavy (non-hydrogen) atoms. The Morgan fingerprint density at radius 1 is 1.50 bits per heavy atom. The van der Waals surface area contributed by atoms with Gasteiger partial charge in [-0.3, -0.25) is 10.1 Å². The molecule has 0 spiro atoms. The first kappa shape index (κ1) is 10.8. The molecule has 0 atom stereocenters. The summed E-state index contributed by atoms with van der Waals surface area (Å²) in [5.74, 6) is 0. The molecule has 0 N–H and O–H groups in total. The quantitative estimate of drug-likeness (QED) is 0.452. The molecule has 0 radical (unpaired) electrons. The monoisotopic (exact) mass is 224 g/mol. The number of nitrogens with zero attached hydrogens (tertiary/aromatic N) is 2. The van der Waals surface area contributed by atoms with Crippen LogP contribution >= 0.6 is 12.6 Å². The molecular formula is C6H3F3N2O2S. The zero-order chi connectivity index (χ0) is 10.9. The number of aromatic nitrogens is 1. The smallest absolute Gasteiger partial charge is 0.258 e. The van der Waals surface area contributed by atoms with Crippen molar-refractivity contribution >= 4 is 18.3 Å². The van der Waals surface area contributed by atoms with Crippen LogP contribution in [0.3, 0.4) is 0 Å². The van der Waals surface area contributed by atoms with Gasteiger partial charge in [0.1, 0.15) is 6.20 Å². The number of nitro groups is 1. The second-order valence-corrected chi connectivity index (χ2v) is 2.80. The molecule has 0 bridgehead atoms. The summed E-state index contributed by atoms with van der Waals surface area (Å²) in [6.45, 7) is 0. The number of rotatable bonds is 1. The van der Waals surface area contributed by atoms with Gasteiger partial charge >= 0.3 is 6.18 Å². The first-order chi connectivity index (χ1) is 6.32. The molecule has 76 valence electrons. The van der Waals surface area contributed by atoms with Crippen LogP contribution in [0, 0.1) is 10.1 Å². The molecule has 1 aromatic rings. The largest absolute Gasteiger partial charge is 0.434 e. The molecule has 1 aromatic heterocycles. The highest BCUT2D eigenvalue weighted by atomic mass is 32.1. The summed E-state index contributed by atoms with van der Waals surface area (Å²) in [5.41, 5.74) is -1.76. The van der Waals surface area contributed by atoms with E-state index >= 15 is 0 Å². The third-order valence-corrected chi connectivity index (χ3v) is 1.67. The summed E-state index contributed by atoms with van der Waals surface area (Å²) >= 11 is 3.47. The highest BCUT2D eigenvalue weighted by molar-refractivity contribution is 7.80. The number of hydrogen-bond donors (Lipinski definition) is 1. The van der Waals surface area contributed by atoms with Crippen LogP contribution in [0.15, 0.2) is 17.2 Å². The van der Waals surface area contributed by atoms with Gasteiger partial charge in [0.05, 0.1) is 4.92 Å². The Kier molecular flexibility index (Phi) is 2.65. The molecule has 0 unspecified atom stereocenters. The van der Waals surface area contributed by atoms with Gasteiger partial charge in [-0.25, -0.2) is 4.98 Å². The Morgan fingerprint density at radius 2 is 2.07 bits per heavy atom. The van der Waals surface area contributed by atoms with Crippen LogP contribution in [0.1, 0.15) is 5.69 Å². The predicted octanol–water partition coefficient (Wildman–Crippen LogP) is 2.30. The van der Waals surface area contributed by atoms with Crippen molar-refractivity contribution in [2.45, 2.75) is 11.1 Å². The van der Waals surface area contributed by atoms with E-state index < -0.39 is 27.4 Å². The molecule has 4 nitrogen and oxygen atoms in total. The Morgan fingerprint density at radius 3 is 2.43 bits per heavy atom. The zero-order valence-electron chi connectivity index (χ0n) is 6.45. The topological polar surface area (TPSA) is 56.0 Å². The highest BCUT2D eigenvalue weighted by Crippen LogP contribution is 2.33. The van der Waals surface area contributed by atoms with E-state index in [0.29, 0.717) is 12.3 Å². The normalized spacial score (nSPS) is 11.4. The molecular weight excluding hydrogens is 221 g/mol. The minimum Gasteiger partial charge on any atom is -0.258 e. The summed E-state index contributed by atoms with van der Waals surface area (Å²) in [6.07, 6.45) is -4.10. The van der Waals surface area contributed by atoms with Crippen LogP contribution in [0.4, 0.5) is 18.9 Å². The molecule has 1 heterocycles. The van der Waals surface area contributed by atoms with Crippen molar-refractivity contribution in [3.8, 4) is 0 Å². The maximum absolute atomic E-state index is 12.1. The van der Waals surface area contributed by atoms with Crippen LogP contribution in [-0.4, -0.2) is 9.91 Å². The van der Waals surface area contributed by atoms with E-state index in [4.69, 9.17) is 0 Å². The van der Waals surface area contributed by atoms with E-state index in [0.717, 1.165) is 0 Å². The van der Waals surface area contributed by atoms with Gasteiger partial charge in [-0.05, 0) is 0 Å². The molecule has 0 aromatic carbocycles. The SMILES string of the molecule is O=[N+]([O-])c1cnc(C(F)(F)F)c(S)c1. The number of halogens is 3.